The van der Waals surface area contributed by atoms with Crippen LogP contribution in [0.4, 0.5) is 4.79 Å². The molecule has 1 fully saturated rings. The molecule has 20 heavy (non-hydrogen) atoms. The first-order valence-corrected chi connectivity index (χ1v) is 6.46. The number of ether oxygens (including phenoxy) is 1. The zero-order valence-electron chi connectivity index (χ0n) is 11.3. The van der Waals surface area contributed by atoms with Crippen molar-refractivity contribution in [3.05, 3.63) is 35.4 Å². The van der Waals surface area contributed by atoms with Gasteiger partial charge >= 0.3 is 6.09 Å². The lowest BCUT2D eigenvalue weighted by Crippen LogP contribution is -2.50. The number of methoxy groups -OCH3 is 1. The lowest BCUT2D eigenvalue weighted by molar-refractivity contribution is 0.0871. The zero-order chi connectivity index (χ0) is 14.6. The molecule has 0 unspecified atom stereocenters. The third-order valence-electron chi connectivity index (χ3n) is 3.63. The highest BCUT2D eigenvalue weighted by Crippen LogP contribution is 2.41. The average molecular weight is 278 g/mol. The first-order valence-electron chi connectivity index (χ1n) is 6.46. The van der Waals surface area contributed by atoms with Gasteiger partial charge in [0, 0.05) is 12.7 Å². The van der Waals surface area contributed by atoms with Gasteiger partial charge in [0.25, 0.3) is 5.91 Å². The van der Waals surface area contributed by atoms with Crippen molar-refractivity contribution in [1.29, 1.82) is 0 Å². The van der Waals surface area contributed by atoms with Crippen LogP contribution in [-0.2, 0) is 10.3 Å². The molecule has 0 heterocycles. The molecule has 6 nitrogen and oxygen atoms in total. The molecule has 2 rings (SSSR count). The van der Waals surface area contributed by atoms with Gasteiger partial charge in [-0.05, 0) is 37.0 Å². The Hall–Kier alpha value is -2.08. The largest absolute Gasteiger partial charge is 0.465 e. The van der Waals surface area contributed by atoms with Crippen LogP contribution in [0.5, 0.6) is 0 Å². The van der Waals surface area contributed by atoms with Gasteiger partial charge in [-0.25, -0.2) is 4.79 Å². The standard InChI is InChI=1S/C14H18N2O4/c1-20-9-15-12(17)10-3-5-11(6-4-10)14(7-2-8-14)16-13(18)19/h3-6,16H,2,7-9H2,1H3,(H,15,17)(H,18,19). The van der Waals surface area contributed by atoms with E-state index in [1.165, 1.54) is 7.11 Å². The molecule has 108 valence electrons. The molecule has 6 heteroatoms. The Balaban J connectivity index is 2.11. The molecule has 2 amide bonds. The van der Waals surface area contributed by atoms with Crippen LogP contribution in [0.25, 0.3) is 0 Å². The topological polar surface area (TPSA) is 87.7 Å². The number of nitrogens with one attached hydrogen (secondary N) is 2. The third kappa shape index (κ3) is 2.91. The number of benzene rings is 1. The maximum absolute atomic E-state index is 11.7. The minimum absolute atomic E-state index is 0.158. The molecule has 1 aromatic carbocycles. The summed E-state index contributed by atoms with van der Waals surface area (Å²) in [5.41, 5.74) is 0.929. The minimum atomic E-state index is -1.02. The predicted molar refractivity (Wildman–Crippen MR) is 72.5 cm³/mol. The monoisotopic (exact) mass is 278 g/mol. The van der Waals surface area contributed by atoms with Gasteiger partial charge in [0.2, 0.25) is 0 Å². The van der Waals surface area contributed by atoms with Crippen molar-refractivity contribution in [2.45, 2.75) is 24.8 Å². The fraction of sp³-hybridized carbons (Fsp3) is 0.429. The quantitative estimate of drug-likeness (QED) is 0.715. The number of hydrogen-bond donors (Lipinski definition) is 3. The van der Waals surface area contributed by atoms with E-state index in [2.05, 4.69) is 10.6 Å². The van der Waals surface area contributed by atoms with Crippen LogP contribution in [0.1, 0.15) is 35.2 Å². The molecule has 0 radical (unpaired) electrons. The molecule has 1 saturated carbocycles. The number of carbonyl (C=O) groups excluding carboxylic acids is 1. The summed E-state index contributed by atoms with van der Waals surface area (Å²) in [4.78, 5) is 22.6. The van der Waals surface area contributed by atoms with Gasteiger partial charge in [-0.1, -0.05) is 12.1 Å². The van der Waals surface area contributed by atoms with Crippen LogP contribution in [0.2, 0.25) is 0 Å². The van der Waals surface area contributed by atoms with Gasteiger partial charge in [-0.15, -0.1) is 0 Å². The molecule has 1 aliphatic rings. The average Bonchev–Trinajstić information content (AvgIpc) is 2.40. The summed E-state index contributed by atoms with van der Waals surface area (Å²) in [5, 5.41) is 14.1. The second kappa shape index (κ2) is 5.92. The van der Waals surface area contributed by atoms with Crippen LogP contribution < -0.4 is 10.6 Å². The van der Waals surface area contributed by atoms with Crippen LogP contribution in [0.3, 0.4) is 0 Å². The molecule has 0 saturated heterocycles. The fourth-order valence-corrected chi connectivity index (χ4v) is 2.40. The van der Waals surface area contributed by atoms with Crippen LogP contribution in [0.15, 0.2) is 24.3 Å². The smallest absolute Gasteiger partial charge is 0.405 e. The molecule has 1 aromatic rings. The van der Waals surface area contributed by atoms with E-state index < -0.39 is 11.6 Å². The summed E-state index contributed by atoms with van der Waals surface area (Å²) in [6.07, 6.45) is 1.55. The molecule has 0 atom stereocenters. The van der Waals surface area contributed by atoms with Gasteiger partial charge in [0.15, 0.2) is 0 Å². The van der Waals surface area contributed by atoms with Gasteiger partial charge in [-0.2, -0.15) is 0 Å². The van der Waals surface area contributed by atoms with Crippen molar-refractivity contribution in [2.24, 2.45) is 0 Å². The highest BCUT2D eigenvalue weighted by molar-refractivity contribution is 5.94. The fourth-order valence-electron chi connectivity index (χ4n) is 2.40. The van der Waals surface area contributed by atoms with E-state index in [1.807, 2.05) is 0 Å². The number of carbonyl (C=O) groups is 2. The van der Waals surface area contributed by atoms with Gasteiger partial charge < -0.3 is 20.5 Å². The van der Waals surface area contributed by atoms with Crippen LogP contribution in [-0.4, -0.2) is 30.9 Å². The Labute approximate surface area is 117 Å². The summed E-state index contributed by atoms with van der Waals surface area (Å²) < 4.78 is 4.78. The first-order chi connectivity index (χ1) is 9.57. The van der Waals surface area contributed by atoms with Crippen LogP contribution in [0, 0.1) is 0 Å². The summed E-state index contributed by atoms with van der Waals surface area (Å²) in [6.45, 7) is 0.158. The first kappa shape index (κ1) is 14.3. The van der Waals surface area contributed by atoms with E-state index in [4.69, 9.17) is 9.84 Å². The van der Waals surface area contributed by atoms with Crippen molar-refractivity contribution in [1.82, 2.24) is 10.6 Å². The molecule has 1 aliphatic carbocycles. The highest BCUT2D eigenvalue weighted by atomic mass is 16.5. The highest BCUT2D eigenvalue weighted by Gasteiger charge is 2.40. The van der Waals surface area contributed by atoms with Gasteiger partial charge in [-0.3, -0.25) is 4.79 Å². The maximum atomic E-state index is 11.7. The zero-order valence-corrected chi connectivity index (χ0v) is 11.3. The SMILES string of the molecule is COCNC(=O)c1ccc(C2(NC(=O)O)CCC2)cc1. The summed E-state index contributed by atoms with van der Waals surface area (Å²) in [7, 11) is 1.50. The second-order valence-electron chi connectivity index (χ2n) is 4.88. The van der Waals surface area contributed by atoms with E-state index in [1.54, 1.807) is 24.3 Å². The Kier molecular flexibility index (Phi) is 4.24. The minimum Gasteiger partial charge on any atom is -0.465 e. The maximum Gasteiger partial charge on any atom is 0.405 e. The van der Waals surface area contributed by atoms with Crippen molar-refractivity contribution < 1.29 is 19.4 Å². The van der Waals surface area contributed by atoms with E-state index in [0.29, 0.717) is 5.56 Å². The number of amides is 2. The number of carboxylic acid groups (broad SMARTS) is 1. The Morgan fingerprint density at radius 3 is 2.40 bits per heavy atom. The Bertz CT molecular complexity index is 494. The lowest BCUT2D eigenvalue weighted by atomic mass is 9.72. The van der Waals surface area contributed by atoms with Crippen molar-refractivity contribution in [2.75, 3.05) is 13.8 Å². The van der Waals surface area contributed by atoms with E-state index in [-0.39, 0.29) is 12.6 Å². The van der Waals surface area contributed by atoms with Crippen molar-refractivity contribution >= 4 is 12.0 Å². The summed E-state index contributed by atoms with van der Waals surface area (Å²) >= 11 is 0. The summed E-state index contributed by atoms with van der Waals surface area (Å²) in [6, 6.07) is 7.00. The van der Waals surface area contributed by atoms with E-state index >= 15 is 0 Å². The molecule has 3 N–H and O–H groups in total. The molecule has 0 bridgehead atoms. The van der Waals surface area contributed by atoms with Crippen LogP contribution >= 0.6 is 0 Å². The number of hydrogen-bond acceptors (Lipinski definition) is 3. The Morgan fingerprint density at radius 1 is 1.30 bits per heavy atom. The number of rotatable bonds is 5. The van der Waals surface area contributed by atoms with E-state index in [0.717, 1.165) is 24.8 Å². The molecular weight excluding hydrogens is 260 g/mol. The van der Waals surface area contributed by atoms with Crippen molar-refractivity contribution in [3.63, 3.8) is 0 Å². The molecule has 0 spiro atoms. The lowest BCUT2D eigenvalue weighted by Gasteiger charge is -2.42. The van der Waals surface area contributed by atoms with Crippen molar-refractivity contribution in [3.8, 4) is 0 Å². The molecule has 0 aliphatic heterocycles. The normalized spacial score (nSPS) is 16.1. The third-order valence-corrected chi connectivity index (χ3v) is 3.63. The van der Waals surface area contributed by atoms with E-state index in [9.17, 15) is 9.59 Å². The molecule has 0 aromatic heterocycles. The molecular formula is C14H18N2O4. The van der Waals surface area contributed by atoms with Gasteiger partial charge in [0.1, 0.15) is 6.73 Å². The Morgan fingerprint density at radius 2 is 1.95 bits per heavy atom. The predicted octanol–water partition coefficient (Wildman–Crippen LogP) is 1.67. The second-order valence-corrected chi connectivity index (χ2v) is 4.88. The summed E-state index contributed by atoms with van der Waals surface area (Å²) in [5.74, 6) is -0.216. The van der Waals surface area contributed by atoms with Gasteiger partial charge in [0.05, 0.1) is 5.54 Å².